The smallest absolute Gasteiger partial charge is 0.117 e. The third-order valence-electron chi connectivity index (χ3n) is 15.4. The second kappa shape index (κ2) is 16.3. The Kier molecular flexibility index (Phi) is 9.81. The largest absolute Gasteiger partial charge is 0.311 e. The van der Waals surface area contributed by atoms with Crippen molar-refractivity contribution >= 4 is 92.6 Å². The summed E-state index contributed by atoms with van der Waals surface area (Å²) in [4.78, 5) is 5.06. The molecule has 0 unspecified atom stereocenters. The van der Waals surface area contributed by atoms with Crippen molar-refractivity contribution in [2.75, 3.05) is 9.80 Å². The molecule has 4 heteroatoms. The van der Waals surface area contributed by atoms with Crippen LogP contribution in [-0.4, -0.2) is 16.1 Å². The number of rotatable bonds is 6. The molecule has 2 aliphatic heterocycles. The Hall–Kier alpha value is -8.03. The van der Waals surface area contributed by atoms with Gasteiger partial charge in [-0.15, -0.1) is 0 Å². The molecule has 0 fully saturated rings. The highest BCUT2D eigenvalue weighted by Gasteiger charge is 2.40. The van der Waals surface area contributed by atoms with Crippen LogP contribution in [0.15, 0.2) is 243 Å². The molecule has 0 atom stereocenters. The average Bonchev–Trinajstić information content (AvgIpc) is 3.41. The Morgan fingerprint density at radius 1 is 0.243 bits per heavy atom. The quantitative estimate of drug-likeness (QED) is 0.121. The van der Waals surface area contributed by atoms with E-state index < -0.39 is 16.1 Å². The summed E-state index contributed by atoms with van der Waals surface area (Å²) in [7, 11) is -3.98. The van der Waals surface area contributed by atoms with Gasteiger partial charge in [-0.2, -0.15) is 0 Å². The molecule has 11 aromatic carbocycles. The van der Waals surface area contributed by atoms with E-state index in [0.29, 0.717) is 0 Å². The molecule has 0 radical (unpaired) electrons. The number of fused-ring (bicyclic) bond motifs is 6. The van der Waals surface area contributed by atoms with Crippen LogP contribution in [0.3, 0.4) is 0 Å². The Morgan fingerprint density at radius 3 is 0.843 bits per heavy atom. The molecule has 2 nitrogen and oxygen atoms in total. The van der Waals surface area contributed by atoms with E-state index in [4.69, 9.17) is 0 Å². The Bertz CT molecular complexity index is 3470. The predicted molar refractivity (Wildman–Crippen MR) is 306 cm³/mol. The van der Waals surface area contributed by atoms with Crippen LogP contribution in [0.4, 0.5) is 34.1 Å². The second-order valence-corrected chi connectivity index (χ2v) is 28.7. The summed E-state index contributed by atoms with van der Waals surface area (Å²) < 4.78 is 0. The lowest BCUT2D eigenvalue weighted by Crippen LogP contribution is -2.58. The summed E-state index contributed by atoms with van der Waals surface area (Å²) in [6, 6.07) is 91.1. The van der Waals surface area contributed by atoms with Crippen LogP contribution >= 0.6 is 0 Å². The van der Waals surface area contributed by atoms with Gasteiger partial charge in [0.15, 0.2) is 0 Å². The van der Waals surface area contributed by atoms with Gasteiger partial charge in [0.25, 0.3) is 0 Å². The molecule has 2 aliphatic rings. The van der Waals surface area contributed by atoms with Crippen molar-refractivity contribution in [1.82, 2.24) is 0 Å². The first-order valence-corrected chi connectivity index (χ1v) is 30.6. The van der Waals surface area contributed by atoms with Gasteiger partial charge in [-0.3, -0.25) is 0 Å². The van der Waals surface area contributed by atoms with E-state index in [2.05, 4.69) is 279 Å². The lowest BCUT2D eigenvalue weighted by Gasteiger charge is -2.41. The van der Waals surface area contributed by atoms with Crippen molar-refractivity contribution in [2.24, 2.45) is 0 Å². The maximum atomic E-state index is 2.53. The summed E-state index contributed by atoms with van der Waals surface area (Å²) in [6.07, 6.45) is 0. The number of benzene rings is 11. The zero-order valence-corrected chi connectivity index (χ0v) is 42.0. The third kappa shape index (κ3) is 6.59. The minimum atomic E-state index is -1.99. The van der Waals surface area contributed by atoms with Crippen LogP contribution in [0.5, 0.6) is 0 Å². The fourth-order valence-electron chi connectivity index (χ4n) is 11.9. The molecular formula is C66H52N2Si2. The number of nitrogens with zero attached hydrogens (tertiary/aromatic N) is 2. The molecule has 0 saturated heterocycles. The fraction of sp³-hybridized carbons (Fsp3) is 0.0606. The Balaban J connectivity index is 1.11. The van der Waals surface area contributed by atoms with Gasteiger partial charge in [-0.25, -0.2) is 0 Å². The topological polar surface area (TPSA) is 6.48 Å². The highest BCUT2D eigenvalue weighted by molar-refractivity contribution is 7.03. The van der Waals surface area contributed by atoms with Crippen LogP contribution in [0.25, 0.3) is 66.1 Å². The lowest BCUT2D eigenvalue weighted by molar-refractivity contribution is 1.29. The molecule has 0 saturated carbocycles. The molecule has 13 rings (SSSR count). The number of hydrogen-bond donors (Lipinski definition) is 0. The van der Waals surface area contributed by atoms with Crippen LogP contribution in [0.1, 0.15) is 0 Å². The fourth-order valence-corrected chi connectivity index (χ4v) is 17.9. The van der Waals surface area contributed by atoms with E-state index in [1.165, 1.54) is 110 Å². The highest BCUT2D eigenvalue weighted by atomic mass is 28.3. The van der Waals surface area contributed by atoms with Crippen LogP contribution < -0.4 is 30.5 Å². The Labute approximate surface area is 413 Å². The maximum absolute atomic E-state index is 2.53. The predicted octanol–water partition coefficient (Wildman–Crippen LogP) is 15.9. The van der Waals surface area contributed by atoms with Gasteiger partial charge in [0.1, 0.15) is 16.1 Å². The Morgan fingerprint density at radius 2 is 0.514 bits per heavy atom. The second-order valence-electron chi connectivity index (χ2n) is 20.1. The molecule has 70 heavy (non-hydrogen) atoms. The van der Waals surface area contributed by atoms with Crippen molar-refractivity contribution in [3.05, 3.63) is 243 Å². The standard InChI is InChI=1S/C66H52N2Si2/c1-69(2)61-27-15-11-23-57(61)67(58-24-12-16-28-62(58)69)51-39-41-53-55(43-51)65(49-35-31-47(32-36-49)45-19-7-5-8-20-45)54-42-40-52(44-56(54)66(53)50-37-33-48(34-38-50)46-21-9-6-10-22-46)68-59-25-13-17-29-63(59)70(3,4)64-30-18-14-26-60(64)68/h5-44H,1-4H3. The van der Waals surface area contributed by atoms with Crippen molar-refractivity contribution < 1.29 is 0 Å². The number of hydrogen-bond acceptors (Lipinski definition) is 2. The minimum Gasteiger partial charge on any atom is -0.311 e. The van der Waals surface area contributed by atoms with Gasteiger partial charge in [0.2, 0.25) is 0 Å². The molecule has 0 bridgehead atoms. The van der Waals surface area contributed by atoms with Crippen molar-refractivity contribution in [3.63, 3.8) is 0 Å². The summed E-state index contributed by atoms with van der Waals surface area (Å²) in [5.41, 5.74) is 17.2. The normalized spacial score (nSPS) is 14.2. The van der Waals surface area contributed by atoms with Crippen molar-refractivity contribution in [1.29, 1.82) is 0 Å². The van der Waals surface area contributed by atoms with Gasteiger partial charge in [-0.1, -0.05) is 220 Å². The molecule has 0 spiro atoms. The molecule has 11 aromatic rings. The third-order valence-corrected chi connectivity index (χ3v) is 22.5. The van der Waals surface area contributed by atoms with Crippen LogP contribution in [0.2, 0.25) is 26.2 Å². The maximum Gasteiger partial charge on any atom is 0.117 e. The van der Waals surface area contributed by atoms with Gasteiger partial charge < -0.3 is 9.80 Å². The van der Waals surface area contributed by atoms with E-state index in [1.54, 1.807) is 0 Å². The summed E-state index contributed by atoms with van der Waals surface area (Å²) in [5.74, 6) is 0. The molecule has 0 N–H and O–H groups in total. The van der Waals surface area contributed by atoms with Gasteiger partial charge in [0.05, 0.1) is 0 Å². The molecule has 0 aliphatic carbocycles. The molecule has 334 valence electrons. The number of anilines is 6. The monoisotopic (exact) mass is 928 g/mol. The highest BCUT2D eigenvalue weighted by Crippen LogP contribution is 2.49. The van der Waals surface area contributed by atoms with Crippen molar-refractivity contribution in [3.8, 4) is 44.5 Å². The van der Waals surface area contributed by atoms with Gasteiger partial charge >= 0.3 is 0 Å². The zero-order chi connectivity index (χ0) is 47.1. The van der Waals surface area contributed by atoms with Crippen molar-refractivity contribution in [2.45, 2.75) is 26.2 Å². The average molecular weight is 929 g/mol. The molecular weight excluding hydrogens is 877 g/mol. The molecule has 0 aromatic heterocycles. The zero-order valence-electron chi connectivity index (χ0n) is 40.0. The first kappa shape index (κ1) is 42.1. The summed E-state index contributed by atoms with van der Waals surface area (Å²) in [6.45, 7) is 10.00. The first-order valence-electron chi connectivity index (χ1n) is 24.6. The van der Waals surface area contributed by atoms with Crippen LogP contribution in [-0.2, 0) is 0 Å². The van der Waals surface area contributed by atoms with E-state index in [0.717, 1.165) is 11.4 Å². The molecule has 2 heterocycles. The minimum absolute atomic E-state index is 1.16. The number of para-hydroxylation sites is 4. The molecule has 0 amide bonds. The first-order chi connectivity index (χ1) is 34.3. The van der Waals surface area contributed by atoms with Gasteiger partial charge in [0, 0.05) is 34.1 Å². The van der Waals surface area contributed by atoms with E-state index in [1.807, 2.05) is 0 Å². The lowest BCUT2D eigenvalue weighted by atomic mass is 9.84. The van der Waals surface area contributed by atoms with Gasteiger partial charge in [-0.05, 0) is 135 Å². The van der Waals surface area contributed by atoms with E-state index >= 15 is 0 Å². The van der Waals surface area contributed by atoms with Crippen LogP contribution in [0, 0.1) is 0 Å². The van der Waals surface area contributed by atoms with E-state index in [-0.39, 0.29) is 0 Å². The van der Waals surface area contributed by atoms with E-state index in [9.17, 15) is 0 Å². The summed E-state index contributed by atoms with van der Waals surface area (Å²) in [5, 5.41) is 10.8. The SMILES string of the molecule is C[Si]1(C)c2ccccc2N(c2ccc3c(-c4ccc(-c5ccccc5)cc4)c4cc(N5c6ccccc6[Si](C)(C)c6ccccc65)ccc4c(-c4ccc(-c5ccccc5)cc4)c3c2)c2ccccc21. The summed E-state index contributed by atoms with van der Waals surface area (Å²) >= 11 is 0.